The third kappa shape index (κ3) is 3.68. The molecule has 0 saturated carbocycles. The van der Waals surface area contributed by atoms with Crippen LogP contribution in [0.15, 0.2) is 18.3 Å². The molecule has 1 aromatic heterocycles. The summed E-state index contributed by atoms with van der Waals surface area (Å²) in [7, 11) is 0. The van der Waals surface area contributed by atoms with Gasteiger partial charge in [0.05, 0.1) is 5.60 Å². The second kappa shape index (κ2) is 5.67. The lowest BCUT2D eigenvalue weighted by molar-refractivity contribution is -0.0181. The van der Waals surface area contributed by atoms with Crippen molar-refractivity contribution in [1.82, 2.24) is 9.88 Å². The fourth-order valence-corrected chi connectivity index (χ4v) is 2.57. The van der Waals surface area contributed by atoms with Gasteiger partial charge in [-0.1, -0.05) is 0 Å². The van der Waals surface area contributed by atoms with Crippen LogP contribution in [-0.4, -0.2) is 40.2 Å². The SMILES string of the molecule is CCNc1cc(CN2CCCC(C)(O)C2)ccn1. The molecule has 0 spiro atoms. The van der Waals surface area contributed by atoms with Crippen LogP contribution in [-0.2, 0) is 6.54 Å². The number of nitrogens with one attached hydrogen (secondary N) is 1. The molecular formula is C14H23N3O. The highest BCUT2D eigenvalue weighted by atomic mass is 16.3. The van der Waals surface area contributed by atoms with Crippen molar-refractivity contribution in [3.05, 3.63) is 23.9 Å². The Balaban J connectivity index is 1.98. The van der Waals surface area contributed by atoms with E-state index in [1.54, 1.807) is 0 Å². The van der Waals surface area contributed by atoms with E-state index in [1.165, 1.54) is 5.56 Å². The maximum atomic E-state index is 10.1. The van der Waals surface area contributed by atoms with Gasteiger partial charge < -0.3 is 10.4 Å². The van der Waals surface area contributed by atoms with Crippen molar-refractivity contribution in [1.29, 1.82) is 0 Å². The molecule has 1 saturated heterocycles. The fraction of sp³-hybridized carbons (Fsp3) is 0.643. The average Bonchev–Trinajstić information content (AvgIpc) is 2.28. The van der Waals surface area contributed by atoms with E-state index in [1.807, 2.05) is 19.2 Å². The topological polar surface area (TPSA) is 48.4 Å². The number of aromatic nitrogens is 1. The molecule has 0 aliphatic carbocycles. The Bertz CT molecular complexity index is 392. The van der Waals surface area contributed by atoms with Crippen LogP contribution in [0.3, 0.4) is 0 Å². The van der Waals surface area contributed by atoms with E-state index in [4.69, 9.17) is 0 Å². The lowest BCUT2D eigenvalue weighted by atomic mass is 9.95. The van der Waals surface area contributed by atoms with Crippen molar-refractivity contribution in [2.45, 2.75) is 38.8 Å². The molecule has 4 heteroatoms. The number of rotatable bonds is 4. The van der Waals surface area contributed by atoms with Gasteiger partial charge in [-0.2, -0.15) is 0 Å². The van der Waals surface area contributed by atoms with Crippen molar-refractivity contribution in [2.75, 3.05) is 25.0 Å². The molecule has 2 N–H and O–H groups in total. The molecule has 4 nitrogen and oxygen atoms in total. The Morgan fingerprint density at radius 3 is 3.11 bits per heavy atom. The minimum absolute atomic E-state index is 0.532. The number of piperidine rings is 1. The van der Waals surface area contributed by atoms with Gasteiger partial charge >= 0.3 is 0 Å². The molecule has 0 radical (unpaired) electrons. The monoisotopic (exact) mass is 249 g/mol. The highest BCUT2D eigenvalue weighted by Gasteiger charge is 2.28. The van der Waals surface area contributed by atoms with Crippen LogP contribution in [0.1, 0.15) is 32.3 Å². The van der Waals surface area contributed by atoms with E-state index in [-0.39, 0.29) is 0 Å². The smallest absolute Gasteiger partial charge is 0.126 e. The summed E-state index contributed by atoms with van der Waals surface area (Å²) in [5.74, 6) is 0.929. The summed E-state index contributed by atoms with van der Waals surface area (Å²) in [6.07, 6.45) is 3.82. The number of likely N-dealkylation sites (tertiary alicyclic amines) is 1. The Morgan fingerprint density at radius 2 is 2.39 bits per heavy atom. The summed E-state index contributed by atoms with van der Waals surface area (Å²) < 4.78 is 0. The normalized spacial score (nSPS) is 25.1. The maximum absolute atomic E-state index is 10.1. The highest BCUT2D eigenvalue weighted by molar-refractivity contribution is 5.37. The standard InChI is InChI=1S/C14H23N3O/c1-3-15-13-9-12(5-7-16-13)10-17-8-4-6-14(2,18)11-17/h5,7,9,18H,3-4,6,8,10-11H2,1-2H3,(H,15,16). The Hall–Kier alpha value is -1.13. The number of hydrogen-bond acceptors (Lipinski definition) is 4. The lowest BCUT2D eigenvalue weighted by Gasteiger charge is -2.36. The van der Waals surface area contributed by atoms with Gasteiger partial charge in [-0.3, -0.25) is 4.90 Å². The van der Waals surface area contributed by atoms with E-state index in [0.717, 1.165) is 44.8 Å². The van der Waals surface area contributed by atoms with Crippen LogP contribution in [0, 0.1) is 0 Å². The van der Waals surface area contributed by atoms with E-state index in [9.17, 15) is 5.11 Å². The summed E-state index contributed by atoms with van der Waals surface area (Å²) in [6, 6.07) is 4.14. The van der Waals surface area contributed by atoms with Crippen LogP contribution >= 0.6 is 0 Å². The number of β-amino-alcohol motifs (C(OH)–C–C–N with tert-alkyl or cyclic N) is 1. The Labute approximate surface area is 109 Å². The van der Waals surface area contributed by atoms with Gasteiger partial charge in [0.2, 0.25) is 0 Å². The van der Waals surface area contributed by atoms with E-state index < -0.39 is 5.60 Å². The highest BCUT2D eigenvalue weighted by Crippen LogP contribution is 2.22. The van der Waals surface area contributed by atoms with Crippen LogP contribution in [0.4, 0.5) is 5.82 Å². The molecule has 1 unspecified atom stereocenters. The van der Waals surface area contributed by atoms with Crippen molar-refractivity contribution < 1.29 is 5.11 Å². The second-order valence-corrected chi connectivity index (χ2v) is 5.39. The molecule has 1 aliphatic rings. The Kier molecular flexibility index (Phi) is 4.19. The molecule has 2 heterocycles. The van der Waals surface area contributed by atoms with Crippen LogP contribution in [0.2, 0.25) is 0 Å². The maximum Gasteiger partial charge on any atom is 0.126 e. The minimum Gasteiger partial charge on any atom is -0.389 e. The molecule has 0 aromatic carbocycles. The molecule has 18 heavy (non-hydrogen) atoms. The number of nitrogens with zero attached hydrogens (tertiary/aromatic N) is 2. The first-order valence-electron chi connectivity index (χ1n) is 6.72. The lowest BCUT2D eigenvalue weighted by Crippen LogP contribution is -2.45. The minimum atomic E-state index is -0.532. The zero-order valence-corrected chi connectivity index (χ0v) is 11.3. The Morgan fingerprint density at radius 1 is 1.56 bits per heavy atom. The van der Waals surface area contributed by atoms with E-state index in [2.05, 4.69) is 28.2 Å². The molecule has 100 valence electrons. The molecule has 1 fully saturated rings. The number of hydrogen-bond donors (Lipinski definition) is 2. The largest absolute Gasteiger partial charge is 0.389 e. The molecule has 1 aliphatic heterocycles. The van der Waals surface area contributed by atoms with Crippen molar-refractivity contribution in [3.8, 4) is 0 Å². The third-order valence-electron chi connectivity index (χ3n) is 3.34. The van der Waals surface area contributed by atoms with Crippen LogP contribution < -0.4 is 5.32 Å². The van der Waals surface area contributed by atoms with E-state index in [0.29, 0.717) is 0 Å². The molecule has 1 aromatic rings. The van der Waals surface area contributed by atoms with Crippen molar-refractivity contribution >= 4 is 5.82 Å². The second-order valence-electron chi connectivity index (χ2n) is 5.39. The van der Waals surface area contributed by atoms with Gasteiger partial charge in [-0.05, 0) is 50.9 Å². The summed E-state index contributed by atoms with van der Waals surface area (Å²) in [5, 5.41) is 13.3. The van der Waals surface area contributed by atoms with Gasteiger partial charge in [-0.25, -0.2) is 4.98 Å². The number of anilines is 1. The van der Waals surface area contributed by atoms with Gasteiger partial charge in [0.15, 0.2) is 0 Å². The van der Waals surface area contributed by atoms with Crippen molar-refractivity contribution in [3.63, 3.8) is 0 Å². The van der Waals surface area contributed by atoms with E-state index >= 15 is 0 Å². The first-order chi connectivity index (χ1) is 8.59. The van der Waals surface area contributed by atoms with Gasteiger partial charge in [0.1, 0.15) is 5.82 Å². The first-order valence-corrected chi connectivity index (χ1v) is 6.72. The molecule has 2 rings (SSSR count). The zero-order valence-electron chi connectivity index (χ0n) is 11.3. The molecule has 0 amide bonds. The van der Waals surface area contributed by atoms with Gasteiger partial charge in [0.25, 0.3) is 0 Å². The summed E-state index contributed by atoms with van der Waals surface area (Å²) >= 11 is 0. The van der Waals surface area contributed by atoms with Crippen LogP contribution in [0.25, 0.3) is 0 Å². The predicted molar refractivity (Wildman–Crippen MR) is 73.5 cm³/mol. The molecule has 0 bridgehead atoms. The number of pyridine rings is 1. The molecule has 1 atom stereocenters. The number of aliphatic hydroxyl groups is 1. The first kappa shape index (κ1) is 13.3. The average molecular weight is 249 g/mol. The van der Waals surface area contributed by atoms with Crippen molar-refractivity contribution in [2.24, 2.45) is 0 Å². The van der Waals surface area contributed by atoms with Gasteiger partial charge in [-0.15, -0.1) is 0 Å². The zero-order chi connectivity index (χ0) is 13.0. The molecular weight excluding hydrogens is 226 g/mol. The fourth-order valence-electron chi connectivity index (χ4n) is 2.57. The van der Waals surface area contributed by atoms with Gasteiger partial charge in [0, 0.05) is 25.8 Å². The summed E-state index contributed by atoms with van der Waals surface area (Å²) in [5.41, 5.74) is 0.717. The summed E-state index contributed by atoms with van der Waals surface area (Å²) in [4.78, 5) is 6.59. The predicted octanol–water partition coefficient (Wildman–Crippen LogP) is 1.86. The quantitative estimate of drug-likeness (QED) is 0.855. The van der Waals surface area contributed by atoms with Crippen LogP contribution in [0.5, 0.6) is 0 Å². The summed E-state index contributed by atoms with van der Waals surface area (Å²) in [6.45, 7) is 7.58. The third-order valence-corrected chi connectivity index (χ3v) is 3.34.